The third kappa shape index (κ3) is 4.82. The Morgan fingerprint density at radius 2 is 0.750 bits per heavy atom. The third-order valence-corrected chi connectivity index (χ3v) is 13.2. The van der Waals surface area contributed by atoms with Gasteiger partial charge in [0.1, 0.15) is 34.4 Å². The van der Waals surface area contributed by atoms with Gasteiger partial charge in [-0.25, -0.2) is 0 Å². The topological polar surface area (TPSA) is 75.5 Å². The van der Waals surface area contributed by atoms with Gasteiger partial charge in [0.25, 0.3) is 0 Å². The molecular formula is C58H35N5O. The molecule has 4 aromatic heterocycles. The van der Waals surface area contributed by atoms with Gasteiger partial charge in [0.05, 0.1) is 50.2 Å². The first-order valence-corrected chi connectivity index (χ1v) is 21.5. The summed E-state index contributed by atoms with van der Waals surface area (Å²) in [5.41, 5.74) is 13.7. The highest BCUT2D eigenvalue weighted by Gasteiger charge is 2.33. The molecule has 0 aliphatic heterocycles. The van der Waals surface area contributed by atoms with Gasteiger partial charge in [-0.15, -0.1) is 0 Å². The average Bonchev–Trinajstić information content (AvgIpc) is 4.06. The maximum Gasteiger partial charge on any atom is 0.135 e. The van der Waals surface area contributed by atoms with Crippen molar-refractivity contribution in [1.29, 1.82) is 10.5 Å². The zero-order valence-electron chi connectivity index (χ0n) is 34.9. The fraction of sp³-hybridized carbons (Fsp3) is 0.0345. The summed E-state index contributed by atoms with van der Waals surface area (Å²) in [6, 6.07) is 66.6. The second kappa shape index (κ2) is 13.3. The zero-order chi connectivity index (χ0) is 42.8. The number of aromatic nitrogens is 3. The number of para-hydroxylation sites is 5. The lowest BCUT2D eigenvalue weighted by atomic mass is 9.91. The van der Waals surface area contributed by atoms with Gasteiger partial charge in [0.15, 0.2) is 0 Å². The molecule has 13 aromatic rings. The van der Waals surface area contributed by atoms with Gasteiger partial charge in [0, 0.05) is 48.7 Å². The number of benzene rings is 9. The second-order valence-corrected chi connectivity index (χ2v) is 16.8. The van der Waals surface area contributed by atoms with E-state index in [0.29, 0.717) is 28.2 Å². The predicted molar refractivity (Wildman–Crippen MR) is 261 cm³/mol. The Labute approximate surface area is 366 Å². The van der Waals surface area contributed by atoms with Gasteiger partial charge in [-0.1, -0.05) is 120 Å². The van der Waals surface area contributed by atoms with Gasteiger partial charge in [-0.3, -0.25) is 0 Å². The third-order valence-electron chi connectivity index (χ3n) is 13.2. The average molecular weight is 818 g/mol. The van der Waals surface area contributed by atoms with Crippen LogP contribution in [0.25, 0.3) is 116 Å². The van der Waals surface area contributed by atoms with Crippen molar-refractivity contribution < 1.29 is 4.42 Å². The largest absolute Gasteiger partial charge is 0.456 e. The van der Waals surface area contributed by atoms with Gasteiger partial charge in [-0.05, 0) is 86.1 Å². The summed E-state index contributed by atoms with van der Waals surface area (Å²) in [5, 5.41) is 32.5. The summed E-state index contributed by atoms with van der Waals surface area (Å²) in [5.74, 6) is 0. The van der Waals surface area contributed by atoms with Crippen LogP contribution in [-0.2, 0) is 0 Å². The molecule has 9 aromatic carbocycles. The van der Waals surface area contributed by atoms with Crippen molar-refractivity contribution in [2.24, 2.45) is 0 Å². The molecule has 4 heterocycles. The van der Waals surface area contributed by atoms with Crippen LogP contribution in [0.4, 0.5) is 0 Å². The molecule has 0 unspecified atom stereocenters. The van der Waals surface area contributed by atoms with Gasteiger partial charge in [-0.2, -0.15) is 10.5 Å². The van der Waals surface area contributed by atoms with E-state index in [1.165, 1.54) is 0 Å². The normalized spacial score (nSPS) is 11.9. The second-order valence-electron chi connectivity index (χ2n) is 16.8. The van der Waals surface area contributed by atoms with Crippen LogP contribution < -0.4 is 0 Å². The molecule has 6 nitrogen and oxygen atoms in total. The number of hydrogen-bond acceptors (Lipinski definition) is 3. The van der Waals surface area contributed by atoms with Gasteiger partial charge < -0.3 is 18.1 Å². The Bertz CT molecular complexity index is 3930. The molecule has 0 atom stereocenters. The standard InChI is InChI=1S/C58H35N5O/c1-34-23-26-51-42(29-34)43-30-35(2)24-27-52(43)61(51)56-45(32-59)57(62-47-18-8-3-13-37(47)38-14-4-9-19-48(38)62)55(36-25-28-54-44(31-36)41-17-7-12-22-53(41)64-54)58(46(56)33-60)63-49-20-10-5-15-39(49)40-16-6-11-21-50(40)63/h3-31H,1-2H3. The van der Waals surface area contributed by atoms with E-state index in [4.69, 9.17) is 4.42 Å². The molecule has 298 valence electrons. The molecule has 0 saturated carbocycles. The lowest BCUT2D eigenvalue weighted by Crippen LogP contribution is -2.14. The molecule has 0 N–H and O–H groups in total. The number of furan rings is 1. The van der Waals surface area contributed by atoms with E-state index in [1.54, 1.807) is 0 Å². The summed E-state index contributed by atoms with van der Waals surface area (Å²) >= 11 is 0. The SMILES string of the molecule is Cc1ccc2c(c1)c1cc(C)ccc1n2-c1c(C#N)c(-n2c3ccccc3c3ccccc32)c(-c2ccc3oc4ccccc4c3c2)c(-n2c3ccccc3c3ccccc32)c1C#N. The van der Waals surface area contributed by atoms with Crippen LogP contribution >= 0.6 is 0 Å². The monoisotopic (exact) mass is 817 g/mol. The first kappa shape index (κ1) is 35.9. The van der Waals surface area contributed by atoms with Crippen molar-refractivity contribution >= 4 is 87.4 Å². The Hall–Kier alpha value is -8.84. The fourth-order valence-corrected chi connectivity index (χ4v) is 10.6. The van der Waals surface area contributed by atoms with Crippen molar-refractivity contribution in [1.82, 2.24) is 13.7 Å². The van der Waals surface area contributed by atoms with E-state index in [-0.39, 0.29) is 0 Å². The summed E-state index contributed by atoms with van der Waals surface area (Å²) in [6.07, 6.45) is 0. The minimum atomic E-state index is 0.389. The van der Waals surface area contributed by atoms with E-state index in [1.807, 2.05) is 24.3 Å². The maximum absolute atomic E-state index is 12.1. The molecule has 0 amide bonds. The molecule has 0 radical (unpaired) electrons. The summed E-state index contributed by atoms with van der Waals surface area (Å²) in [4.78, 5) is 0. The number of nitriles is 2. The van der Waals surface area contributed by atoms with Crippen LogP contribution in [0.5, 0.6) is 0 Å². The van der Waals surface area contributed by atoms with Crippen LogP contribution in [0, 0.1) is 36.5 Å². The maximum atomic E-state index is 12.1. The molecule has 13 rings (SSSR count). The van der Waals surface area contributed by atoms with Crippen molar-refractivity contribution in [3.63, 3.8) is 0 Å². The first-order valence-electron chi connectivity index (χ1n) is 21.5. The first-order chi connectivity index (χ1) is 31.5. The lowest BCUT2D eigenvalue weighted by molar-refractivity contribution is 0.669. The van der Waals surface area contributed by atoms with Crippen LogP contribution in [0.15, 0.2) is 180 Å². The predicted octanol–water partition coefficient (Wildman–Crippen LogP) is 14.9. The van der Waals surface area contributed by atoms with E-state index < -0.39 is 0 Å². The molecule has 6 heteroatoms. The smallest absolute Gasteiger partial charge is 0.135 e. The molecular weight excluding hydrogens is 783 g/mol. The molecule has 0 saturated heterocycles. The lowest BCUT2D eigenvalue weighted by Gasteiger charge is -2.26. The quantitative estimate of drug-likeness (QED) is 0.177. The molecule has 0 bridgehead atoms. The molecule has 64 heavy (non-hydrogen) atoms. The van der Waals surface area contributed by atoms with Gasteiger partial charge >= 0.3 is 0 Å². The van der Waals surface area contributed by atoms with Crippen LogP contribution in [0.2, 0.25) is 0 Å². The molecule has 0 fully saturated rings. The number of hydrogen-bond donors (Lipinski definition) is 0. The van der Waals surface area contributed by atoms with Crippen LogP contribution in [0.3, 0.4) is 0 Å². The Morgan fingerprint density at radius 3 is 1.22 bits per heavy atom. The van der Waals surface area contributed by atoms with E-state index in [9.17, 15) is 10.5 Å². The van der Waals surface area contributed by atoms with Gasteiger partial charge in [0.2, 0.25) is 0 Å². The fourth-order valence-electron chi connectivity index (χ4n) is 10.6. The van der Waals surface area contributed by atoms with E-state index >= 15 is 0 Å². The Kier molecular flexibility index (Phi) is 7.47. The summed E-state index contributed by atoms with van der Waals surface area (Å²) < 4.78 is 13.1. The van der Waals surface area contributed by atoms with E-state index in [2.05, 4.69) is 191 Å². The highest BCUT2D eigenvalue weighted by Crippen LogP contribution is 2.49. The van der Waals surface area contributed by atoms with Crippen LogP contribution in [0.1, 0.15) is 22.3 Å². The number of aryl methyl sites for hydroxylation is 2. The Morgan fingerprint density at radius 1 is 0.359 bits per heavy atom. The number of fused-ring (bicyclic) bond motifs is 12. The molecule has 0 aliphatic carbocycles. The minimum Gasteiger partial charge on any atom is -0.456 e. The van der Waals surface area contributed by atoms with E-state index in [0.717, 1.165) is 110 Å². The zero-order valence-corrected chi connectivity index (χ0v) is 34.9. The molecule has 0 aliphatic rings. The van der Waals surface area contributed by atoms with Crippen LogP contribution in [-0.4, -0.2) is 13.7 Å². The summed E-state index contributed by atoms with van der Waals surface area (Å²) in [6.45, 7) is 4.21. The number of rotatable bonds is 4. The highest BCUT2D eigenvalue weighted by atomic mass is 16.3. The number of nitrogens with zero attached hydrogens (tertiary/aromatic N) is 5. The van der Waals surface area contributed by atoms with Crippen molar-refractivity contribution in [2.75, 3.05) is 0 Å². The van der Waals surface area contributed by atoms with Crippen molar-refractivity contribution in [3.8, 4) is 40.3 Å². The van der Waals surface area contributed by atoms with Crippen molar-refractivity contribution in [2.45, 2.75) is 13.8 Å². The van der Waals surface area contributed by atoms with Crippen molar-refractivity contribution in [3.05, 3.63) is 198 Å². The summed E-state index contributed by atoms with van der Waals surface area (Å²) in [7, 11) is 0. The molecule has 0 spiro atoms. The minimum absolute atomic E-state index is 0.389. The highest BCUT2D eigenvalue weighted by molar-refractivity contribution is 6.15. The Balaban J connectivity index is 1.35.